The lowest BCUT2D eigenvalue weighted by Gasteiger charge is -2.08. The van der Waals surface area contributed by atoms with Crippen molar-refractivity contribution in [3.63, 3.8) is 0 Å². The number of carbonyl (C=O) groups excluding carboxylic acids is 1. The maximum atomic E-state index is 12.1. The van der Waals surface area contributed by atoms with Crippen molar-refractivity contribution < 1.29 is 13.9 Å². The molecule has 3 aromatic rings. The molecule has 20 heavy (non-hydrogen) atoms. The van der Waals surface area contributed by atoms with E-state index in [1.807, 2.05) is 42.5 Å². The largest absolute Gasteiger partial charge is 0.409 e. The predicted molar refractivity (Wildman–Crippen MR) is 74.5 cm³/mol. The highest BCUT2D eigenvalue weighted by Gasteiger charge is 2.19. The first-order valence-corrected chi connectivity index (χ1v) is 6.36. The summed E-state index contributed by atoms with van der Waals surface area (Å²) < 4.78 is 10.6. The second kappa shape index (κ2) is 5.17. The lowest BCUT2D eigenvalue weighted by atomic mass is 10.0. The van der Waals surface area contributed by atoms with E-state index in [0.717, 1.165) is 5.56 Å². The van der Waals surface area contributed by atoms with E-state index >= 15 is 0 Å². The molecule has 100 valence electrons. The molecule has 1 unspecified atom stereocenters. The van der Waals surface area contributed by atoms with Crippen LogP contribution in [0.15, 0.2) is 59.0 Å². The number of aromatic nitrogens is 1. The van der Waals surface area contributed by atoms with Crippen LogP contribution in [0.4, 0.5) is 0 Å². The Hall–Kier alpha value is -2.62. The highest BCUT2D eigenvalue weighted by Crippen LogP contribution is 2.22. The van der Waals surface area contributed by atoms with E-state index in [9.17, 15) is 4.79 Å². The molecule has 1 heterocycles. The van der Waals surface area contributed by atoms with Gasteiger partial charge in [-0.3, -0.25) is 4.79 Å². The molecule has 0 aliphatic rings. The Morgan fingerprint density at radius 1 is 1.10 bits per heavy atom. The van der Waals surface area contributed by atoms with Crippen LogP contribution in [0.25, 0.3) is 11.1 Å². The molecule has 0 aliphatic heterocycles. The third kappa shape index (κ3) is 2.40. The van der Waals surface area contributed by atoms with E-state index in [2.05, 4.69) is 4.98 Å². The van der Waals surface area contributed by atoms with E-state index < -0.39 is 0 Å². The first kappa shape index (κ1) is 12.4. The number of rotatable bonds is 3. The fourth-order valence-electron chi connectivity index (χ4n) is 1.95. The smallest absolute Gasteiger partial charge is 0.402 e. The van der Waals surface area contributed by atoms with Gasteiger partial charge in [-0.25, -0.2) is 0 Å². The Labute approximate surface area is 116 Å². The fourth-order valence-corrected chi connectivity index (χ4v) is 1.95. The van der Waals surface area contributed by atoms with Crippen LogP contribution in [0.5, 0.6) is 6.08 Å². The van der Waals surface area contributed by atoms with Crippen LogP contribution in [0.2, 0.25) is 0 Å². The Morgan fingerprint density at radius 3 is 2.55 bits per heavy atom. The van der Waals surface area contributed by atoms with Gasteiger partial charge in [0.1, 0.15) is 5.52 Å². The van der Waals surface area contributed by atoms with Crippen molar-refractivity contribution in [3.8, 4) is 6.08 Å². The fraction of sp³-hybridized carbons (Fsp3) is 0.125. The third-order valence-corrected chi connectivity index (χ3v) is 3.12. The zero-order valence-corrected chi connectivity index (χ0v) is 10.9. The van der Waals surface area contributed by atoms with E-state index in [0.29, 0.717) is 11.1 Å². The molecule has 4 heteroatoms. The summed E-state index contributed by atoms with van der Waals surface area (Å²) in [5.74, 6) is -0.756. The lowest BCUT2D eigenvalue weighted by molar-refractivity contribution is -0.137. The van der Waals surface area contributed by atoms with E-state index in [1.54, 1.807) is 19.1 Å². The molecule has 1 aromatic heterocycles. The molecule has 0 N–H and O–H groups in total. The molecule has 0 bridgehead atoms. The monoisotopic (exact) mass is 267 g/mol. The van der Waals surface area contributed by atoms with Crippen LogP contribution >= 0.6 is 0 Å². The first-order valence-electron chi connectivity index (χ1n) is 6.36. The average molecular weight is 267 g/mol. The van der Waals surface area contributed by atoms with E-state index in [4.69, 9.17) is 9.15 Å². The predicted octanol–water partition coefficient (Wildman–Crippen LogP) is 3.54. The number of nitrogens with zero attached hydrogens (tertiary/aromatic N) is 1. The zero-order valence-electron chi connectivity index (χ0n) is 10.9. The summed E-state index contributed by atoms with van der Waals surface area (Å²) in [6.45, 7) is 1.79. The topological polar surface area (TPSA) is 52.3 Å². The SMILES string of the molecule is CC(C(=O)Oc1nc2ccccc2o1)c1ccccc1. The quantitative estimate of drug-likeness (QED) is 0.681. The Bertz CT molecular complexity index is 701. The summed E-state index contributed by atoms with van der Waals surface area (Å²) in [7, 11) is 0. The van der Waals surface area contributed by atoms with Gasteiger partial charge in [-0.1, -0.05) is 42.5 Å². The Balaban J connectivity index is 1.78. The van der Waals surface area contributed by atoms with Crippen LogP contribution in [0, 0.1) is 0 Å². The van der Waals surface area contributed by atoms with Crippen LogP contribution in [0.3, 0.4) is 0 Å². The van der Waals surface area contributed by atoms with Crippen LogP contribution in [0.1, 0.15) is 18.4 Å². The van der Waals surface area contributed by atoms with Gasteiger partial charge < -0.3 is 9.15 Å². The summed E-state index contributed by atoms with van der Waals surface area (Å²) in [5.41, 5.74) is 2.17. The first-order chi connectivity index (χ1) is 9.74. The summed E-state index contributed by atoms with van der Waals surface area (Å²) in [6, 6.07) is 16.7. The maximum Gasteiger partial charge on any atom is 0.402 e. The van der Waals surface area contributed by atoms with Gasteiger partial charge in [0.25, 0.3) is 0 Å². The van der Waals surface area contributed by atoms with E-state index in [1.165, 1.54) is 0 Å². The minimum Gasteiger partial charge on any atom is -0.409 e. The number of fused-ring (bicyclic) bond motifs is 1. The molecule has 0 radical (unpaired) electrons. The third-order valence-electron chi connectivity index (χ3n) is 3.12. The maximum absolute atomic E-state index is 12.1. The zero-order chi connectivity index (χ0) is 13.9. The molecule has 0 fully saturated rings. The number of oxazole rings is 1. The summed E-state index contributed by atoms with van der Waals surface area (Å²) in [4.78, 5) is 16.2. The summed E-state index contributed by atoms with van der Waals surface area (Å²) in [5, 5.41) is 0. The van der Waals surface area contributed by atoms with Crippen LogP contribution in [-0.4, -0.2) is 11.0 Å². The number of ether oxygens (including phenoxy) is 1. The number of hydrogen-bond donors (Lipinski definition) is 0. The van der Waals surface area contributed by atoms with Gasteiger partial charge in [0.15, 0.2) is 5.58 Å². The van der Waals surface area contributed by atoms with Crippen molar-refractivity contribution in [3.05, 3.63) is 60.2 Å². The van der Waals surface area contributed by atoms with Gasteiger partial charge in [0.05, 0.1) is 5.92 Å². The van der Waals surface area contributed by atoms with Crippen molar-refractivity contribution in [2.75, 3.05) is 0 Å². The molecule has 0 spiro atoms. The van der Waals surface area contributed by atoms with Crippen molar-refractivity contribution >= 4 is 17.1 Å². The molecule has 3 rings (SSSR count). The van der Waals surface area contributed by atoms with Gasteiger partial charge in [-0.05, 0) is 24.6 Å². The van der Waals surface area contributed by atoms with Crippen molar-refractivity contribution in [2.24, 2.45) is 0 Å². The standard InChI is InChI=1S/C16H13NO3/c1-11(12-7-3-2-4-8-12)15(18)20-16-17-13-9-5-6-10-14(13)19-16/h2-11H,1H3. The normalized spacial score (nSPS) is 12.2. The second-order valence-electron chi connectivity index (χ2n) is 4.50. The molecular weight excluding hydrogens is 254 g/mol. The molecule has 0 aliphatic carbocycles. The minimum absolute atomic E-state index is 0.0148. The molecule has 2 aromatic carbocycles. The number of para-hydroxylation sites is 2. The van der Waals surface area contributed by atoms with Gasteiger partial charge in [-0.15, -0.1) is 0 Å². The molecule has 0 saturated heterocycles. The molecule has 0 amide bonds. The van der Waals surface area contributed by atoms with Crippen molar-refractivity contribution in [1.29, 1.82) is 0 Å². The molecular formula is C16H13NO3. The average Bonchev–Trinajstić information content (AvgIpc) is 2.89. The molecule has 4 nitrogen and oxygen atoms in total. The number of esters is 1. The van der Waals surface area contributed by atoms with Gasteiger partial charge in [0, 0.05) is 0 Å². The van der Waals surface area contributed by atoms with Crippen molar-refractivity contribution in [2.45, 2.75) is 12.8 Å². The Morgan fingerprint density at radius 2 is 1.80 bits per heavy atom. The van der Waals surface area contributed by atoms with Gasteiger partial charge in [-0.2, -0.15) is 4.98 Å². The molecule has 1 atom stereocenters. The van der Waals surface area contributed by atoms with Gasteiger partial charge >= 0.3 is 12.0 Å². The highest BCUT2D eigenvalue weighted by molar-refractivity contribution is 5.80. The lowest BCUT2D eigenvalue weighted by Crippen LogP contribution is -2.16. The Kier molecular flexibility index (Phi) is 3.21. The summed E-state index contributed by atoms with van der Waals surface area (Å²) >= 11 is 0. The van der Waals surface area contributed by atoms with Gasteiger partial charge in [0.2, 0.25) is 0 Å². The minimum atomic E-state index is -0.386. The van der Waals surface area contributed by atoms with E-state index in [-0.39, 0.29) is 18.0 Å². The van der Waals surface area contributed by atoms with Crippen LogP contribution < -0.4 is 4.74 Å². The number of benzene rings is 2. The highest BCUT2D eigenvalue weighted by atomic mass is 16.6. The van der Waals surface area contributed by atoms with Crippen LogP contribution in [-0.2, 0) is 4.79 Å². The number of carbonyl (C=O) groups is 1. The second-order valence-corrected chi connectivity index (χ2v) is 4.50. The number of hydrogen-bond acceptors (Lipinski definition) is 4. The van der Waals surface area contributed by atoms with Crippen molar-refractivity contribution in [1.82, 2.24) is 4.98 Å². The molecule has 0 saturated carbocycles. The summed E-state index contributed by atoms with van der Waals surface area (Å²) in [6.07, 6.45) is -0.0148.